The quantitative estimate of drug-likeness (QED) is 0.294. The van der Waals surface area contributed by atoms with Gasteiger partial charge in [-0.15, -0.1) is 0 Å². The van der Waals surface area contributed by atoms with E-state index in [0.717, 1.165) is 11.1 Å². The van der Waals surface area contributed by atoms with Crippen LogP contribution in [-0.4, -0.2) is 52.4 Å². The molecule has 13 heteroatoms. The maximum atomic E-state index is 13.3. The summed E-state index contributed by atoms with van der Waals surface area (Å²) in [7, 11) is -7.82. The van der Waals surface area contributed by atoms with E-state index in [1.54, 1.807) is 19.1 Å². The van der Waals surface area contributed by atoms with Crippen molar-refractivity contribution in [2.75, 3.05) is 18.8 Å². The summed E-state index contributed by atoms with van der Waals surface area (Å²) in [6, 6.07) is 22.6. The van der Waals surface area contributed by atoms with Crippen LogP contribution in [0.2, 0.25) is 10.0 Å². The van der Waals surface area contributed by atoms with E-state index < -0.39 is 26.0 Å². The molecule has 1 aliphatic rings. The third kappa shape index (κ3) is 7.80. The first kappa shape index (κ1) is 29.0. The molecule has 0 saturated heterocycles. The number of nitrogens with two attached hydrogens (primary N) is 1. The molecular weight excluding hydrogens is 581 g/mol. The number of nitrogens with zero attached hydrogens (tertiary/aromatic N) is 3. The normalized spacial score (nSPS) is 17.1. The van der Waals surface area contributed by atoms with Crippen molar-refractivity contribution in [3.63, 3.8) is 0 Å². The van der Waals surface area contributed by atoms with E-state index in [1.165, 1.54) is 29.3 Å². The fourth-order valence-corrected chi connectivity index (χ4v) is 6.29. The van der Waals surface area contributed by atoms with Crippen molar-refractivity contribution >= 4 is 54.9 Å². The maximum absolute atomic E-state index is 13.3. The molecule has 3 aromatic carbocycles. The van der Waals surface area contributed by atoms with Crippen LogP contribution in [0.3, 0.4) is 0 Å². The van der Waals surface area contributed by atoms with Gasteiger partial charge in [-0.05, 0) is 53.4 Å². The Morgan fingerprint density at radius 2 is 1.59 bits per heavy atom. The van der Waals surface area contributed by atoms with Crippen LogP contribution in [0, 0.1) is 5.92 Å². The molecule has 2 atom stereocenters. The fourth-order valence-electron chi connectivity index (χ4n) is 4.11. The lowest BCUT2D eigenvalue weighted by molar-refractivity contribution is 0.458. The predicted molar refractivity (Wildman–Crippen MR) is 155 cm³/mol. The van der Waals surface area contributed by atoms with Gasteiger partial charge < -0.3 is 0 Å². The van der Waals surface area contributed by atoms with Crippen LogP contribution in [0.15, 0.2) is 93.9 Å². The van der Waals surface area contributed by atoms with Crippen LogP contribution in [0.4, 0.5) is 0 Å². The fraction of sp³-hybridized carbons (Fsp3) is 0.231. The first-order chi connectivity index (χ1) is 18.4. The Morgan fingerprint density at radius 3 is 2.18 bits per heavy atom. The summed E-state index contributed by atoms with van der Waals surface area (Å²) < 4.78 is 52.3. The van der Waals surface area contributed by atoms with Crippen LogP contribution in [0.1, 0.15) is 24.0 Å². The van der Waals surface area contributed by atoms with Gasteiger partial charge in [0.25, 0.3) is 10.0 Å². The summed E-state index contributed by atoms with van der Waals surface area (Å²) in [4.78, 5) is 4.45. The van der Waals surface area contributed by atoms with Gasteiger partial charge in [0, 0.05) is 22.5 Å². The number of primary sulfonamides is 1. The second kappa shape index (κ2) is 12.1. The monoisotopic (exact) mass is 607 g/mol. The van der Waals surface area contributed by atoms with Crippen LogP contribution >= 0.6 is 23.2 Å². The lowest BCUT2D eigenvalue weighted by atomic mass is 9.91. The summed E-state index contributed by atoms with van der Waals surface area (Å²) in [5.41, 5.74) is 2.50. The molecule has 0 spiro atoms. The largest absolute Gasteiger partial charge is 0.264 e. The predicted octanol–water partition coefficient (Wildman–Crippen LogP) is 4.06. The standard InChI is InChI=1S/C26H27Cl2N5O4S2/c1-18(17-38(29,34)35)15-30-26(32-39(36,37)23-13-11-22(28)12-14-23)33-16-24(19-5-3-2-4-6-19)25(31-33)20-7-9-21(27)10-8-20/h2-14,18,24H,15-17H2,1H3,(H,30,32)(H2,29,34,35)/t18?,24-/m1/s1. The SMILES string of the molecule is CC(CN=C(NS(=O)(=O)c1ccc(Cl)cc1)N1C[C@H](c2ccccc2)C(c2ccc(Cl)cc2)=N1)CS(N)(=O)=O. The molecule has 3 aromatic rings. The number of nitrogens with one attached hydrogen (secondary N) is 1. The zero-order valence-electron chi connectivity index (χ0n) is 20.9. The van der Waals surface area contributed by atoms with Gasteiger partial charge in [0.2, 0.25) is 16.0 Å². The molecule has 0 radical (unpaired) electrons. The number of rotatable bonds is 8. The molecule has 0 bridgehead atoms. The number of aliphatic imine (C=N–C) groups is 1. The second-order valence-electron chi connectivity index (χ2n) is 9.20. The number of guanidine groups is 1. The van der Waals surface area contributed by atoms with Gasteiger partial charge in [-0.3, -0.25) is 4.99 Å². The van der Waals surface area contributed by atoms with Gasteiger partial charge in [-0.25, -0.2) is 31.7 Å². The van der Waals surface area contributed by atoms with Crippen molar-refractivity contribution in [1.82, 2.24) is 9.73 Å². The van der Waals surface area contributed by atoms with Crippen molar-refractivity contribution in [2.45, 2.75) is 17.7 Å². The molecule has 0 aromatic heterocycles. The van der Waals surface area contributed by atoms with Crippen LogP contribution in [-0.2, 0) is 20.0 Å². The van der Waals surface area contributed by atoms with Crippen molar-refractivity contribution in [3.8, 4) is 0 Å². The third-order valence-corrected chi connectivity index (χ3v) is 8.80. The number of benzene rings is 3. The van der Waals surface area contributed by atoms with Crippen molar-refractivity contribution in [3.05, 3.63) is 100 Å². The van der Waals surface area contributed by atoms with Crippen molar-refractivity contribution < 1.29 is 16.8 Å². The Kier molecular flexibility index (Phi) is 8.97. The van der Waals surface area contributed by atoms with E-state index in [-0.39, 0.29) is 35.6 Å². The molecule has 3 N–H and O–H groups in total. The molecule has 9 nitrogen and oxygen atoms in total. The van der Waals surface area contributed by atoms with Gasteiger partial charge in [0.15, 0.2) is 0 Å². The van der Waals surface area contributed by atoms with Crippen LogP contribution in [0.25, 0.3) is 0 Å². The second-order valence-corrected chi connectivity index (χ2v) is 13.4. The van der Waals surface area contributed by atoms with E-state index in [9.17, 15) is 16.8 Å². The average molecular weight is 609 g/mol. The summed E-state index contributed by atoms with van der Waals surface area (Å²) in [6.45, 7) is 1.94. The molecule has 206 valence electrons. The Balaban J connectivity index is 1.73. The van der Waals surface area contributed by atoms with Gasteiger partial charge >= 0.3 is 0 Å². The molecule has 0 fully saturated rings. The molecule has 1 aliphatic heterocycles. The van der Waals surface area contributed by atoms with Crippen LogP contribution in [0.5, 0.6) is 0 Å². The number of hydrogen-bond donors (Lipinski definition) is 2. The van der Waals surface area contributed by atoms with Crippen molar-refractivity contribution in [1.29, 1.82) is 0 Å². The highest BCUT2D eigenvalue weighted by Crippen LogP contribution is 2.30. The lowest BCUT2D eigenvalue weighted by Gasteiger charge is -2.20. The highest BCUT2D eigenvalue weighted by atomic mass is 35.5. The minimum Gasteiger partial charge on any atom is -0.250 e. The first-order valence-electron chi connectivity index (χ1n) is 11.9. The van der Waals surface area contributed by atoms with Crippen LogP contribution < -0.4 is 9.86 Å². The van der Waals surface area contributed by atoms with Gasteiger partial charge in [0.05, 0.1) is 22.9 Å². The van der Waals surface area contributed by atoms with E-state index >= 15 is 0 Å². The average Bonchev–Trinajstić information content (AvgIpc) is 3.32. The highest BCUT2D eigenvalue weighted by Gasteiger charge is 2.33. The van der Waals surface area contributed by atoms with Gasteiger partial charge in [-0.2, -0.15) is 5.10 Å². The highest BCUT2D eigenvalue weighted by molar-refractivity contribution is 7.90. The van der Waals surface area contributed by atoms with Crippen molar-refractivity contribution in [2.24, 2.45) is 21.2 Å². The molecule has 0 amide bonds. The van der Waals surface area contributed by atoms with Gasteiger partial charge in [-0.1, -0.05) is 72.6 Å². The Hall–Kier alpha value is -2.96. The zero-order valence-corrected chi connectivity index (χ0v) is 24.1. The third-order valence-electron chi connectivity index (χ3n) is 5.92. The lowest BCUT2D eigenvalue weighted by Crippen LogP contribution is -2.41. The summed E-state index contributed by atoms with van der Waals surface area (Å²) in [5, 5.41) is 12.4. The Morgan fingerprint density at radius 1 is 1.00 bits per heavy atom. The molecular formula is C26H27Cl2N5O4S2. The van der Waals surface area contributed by atoms with E-state index in [4.69, 9.17) is 33.4 Å². The molecule has 0 aliphatic carbocycles. The number of hydrazone groups is 1. The Bertz CT molecular complexity index is 1580. The van der Waals surface area contributed by atoms with E-state index in [1.807, 2.05) is 42.5 Å². The minimum absolute atomic E-state index is 0.00674. The van der Waals surface area contributed by atoms with E-state index in [2.05, 4.69) is 9.71 Å². The zero-order chi connectivity index (χ0) is 28.2. The first-order valence-corrected chi connectivity index (χ1v) is 15.9. The molecule has 1 unspecified atom stereocenters. The van der Waals surface area contributed by atoms with Gasteiger partial charge in [0.1, 0.15) is 0 Å². The maximum Gasteiger partial charge on any atom is 0.264 e. The Labute approximate surface area is 238 Å². The smallest absolute Gasteiger partial charge is 0.250 e. The summed E-state index contributed by atoms with van der Waals surface area (Å²) in [5.74, 6) is -1.03. The van der Waals surface area contributed by atoms with E-state index in [0.29, 0.717) is 15.8 Å². The summed E-state index contributed by atoms with van der Waals surface area (Å²) in [6.07, 6.45) is 0. The molecule has 1 heterocycles. The number of sulfonamides is 2. The molecule has 0 saturated carbocycles. The number of hydrogen-bond acceptors (Lipinski definition) is 6. The number of halogens is 2. The summed E-state index contributed by atoms with van der Waals surface area (Å²) >= 11 is 12.0. The molecule has 4 rings (SSSR count). The minimum atomic E-state index is -4.08. The molecule has 39 heavy (non-hydrogen) atoms. The topological polar surface area (TPSA) is 134 Å².